The van der Waals surface area contributed by atoms with Crippen LogP contribution >= 0.6 is 0 Å². The highest BCUT2D eigenvalue weighted by Crippen LogP contribution is 2.33. The Hall–Kier alpha value is -5.97. The number of ether oxygens (including phenoxy) is 1. The SMILES string of the molecule is COc1cc(F)cc(-c2ccnc3nc(-c4[nH]nc5ncc(-c6cncc(NC(=O)Cc7ccccc7)c6)cc45)[nH]c23)c1. The topological polar surface area (TPSA) is 134 Å². The van der Waals surface area contributed by atoms with Gasteiger partial charge in [-0.05, 0) is 41.5 Å². The van der Waals surface area contributed by atoms with Crippen molar-refractivity contribution in [3.8, 4) is 39.5 Å². The van der Waals surface area contributed by atoms with Crippen LogP contribution in [0.5, 0.6) is 5.75 Å². The summed E-state index contributed by atoms with van der Waals surface area (Å²) in [6.45, 7) is 0. The van der Waals surface area contributed by atoms with Gasteiger partial charge >= 0.3 is 0 Å². The minimum Gasteiger partial charge on any atom is -0.497 e. The van der Waals surface area contributed by atoms with E-state index in [1.54, 1.807) is 36.9 Å². The Morgan fingerprint density at radius 3 is 2.65 bits per heavy atom. The zero-order valence-corrected chi connectivity index (χ0v) is 22.8. The highest BCUT2D eigenvalue weighted by atomic mass is 19.1. The number of benzene rings is 2. The lowest BCUT2D eigenvalue weighted by molar-refractivity contribution is -0.115. The fourth-order valence-corrected chi connectivity index (χ4v) is 5.00. The van der Waals surface area contributed by atoms with Crippen LogP contribution < -0.4 is 10.1 Å². The average Bonchev–Trinajstić information content (AvgIpc) is 3.65. The van der Waals surface area contributed by atoms with Crippen LogP contribution in [0.3, 0.4) is 0 Å². The van der Waals surface area contributed by atoms with E-state index in [-0.39, 0.29) is 12.3 Å². The molecule has 3 N–H and O–H groups in total. The second kappa shape index (κ2) is 10.8. The molecule has 0 unspecified atom stereocenters. The zero-order chi connectivity index (χ0) is 29.3. The molecule has 0 radical (unpaired) electrons. The molecule has 0 fully saturated rings. The first kappa shape index (κ1) is 26.0. The number of rotatable bonds is 7. The van der Waals surface area contributed by atoms with Crippen molar-refractivity contribution in [3.63, 3.8) is 0 Å². The van der Waals surface area contributed by atoms with Crippen molar-refractivity contribution < 1.29 is 13.9 Å². The first-order chi connectivity index (χ1) is 21.0. The van der Waals surface area contributed by atoms with Crippen molar-refractivity contribution in [2.75, 3.05) is 12.4 Å². The van der Waals surface area contributed by atoms with E-state index in [2.05, 4.69) is 40.4 Å². The molecule has 0 saturated heterocycles. The van der Waals surface area contributed by atoms with Gasteiger partial charge < -0.3 is 15.0 Å². The van der Waals surface area contributed by atoms with E-state index in [0.29, 0.717) is 45.3 Å². The first-order valence-corrected chi connectivity index (χ1v) is 13.4. The van der Waals surface area contributed by atoms with E-state index in [1.165, 1.54) is 19.2 Å². The third-order valence-electron chi connectivity index (χ3n) is 7.02. The molecule has 11 heteroatoms. The molecule has 0 aliphatic carbocycles. The standard InChI is InChI=1S/C32H23FN8O2/c1-43-24-12-19(10-22(33)14-24)25-7-8-35-31-28(25)38-32(39-31)29-26-13-21(16-36-30(26)41-40-29)20-11-23(17-34-15-20)37-27(42)9-18-5-3-2-4-6-18/h2-8,10-17H,9H2,1H3,(H,37,42)(H,35,38,39)(H,36,40,41). The van der Waals surface area contributed by atoms with Crippen LogP contribution in [0.25, 0.3) is 56.0 Å². The maximum absolute atomic E-state index is 14.3. The molecule has 5 heterocycles. The van der Waals surface area contributed by atoms with Crippen LogP contribution in [-0.2, 0) is 11.2 Å². The van der Waals surface area contributed by atoms with Crippen molar-refractivity contribution >= 4 is 33.8 Å². The van der Waals surface area contributed by atoms with Crippen molar-refractivity contribution in [2.45, 2.75) is 6.42 Å². The maximum atomic E-state index is 14.3. The molecule has 0 aliphatic rings. The van der Waals surface area contributed by atoms with Gasteiger partial charge in [0, 0.05) is 41.3 Å². The number of hydrogen-bond donors (Lipinski definition) is 3. The molecule has 1 amide bonds. The Bertz CT molecular complexity index is 2120. The van der Waals surface area contributed by atoms with Crippen LogP contribution in [0, 0.1) is 5.82 Å². The molecule has 0 spiro atoms. The number of H-pyrrole nitrogens is 2. The van der Waals surface area contributed by atoms with E-state index >= 15 is 0 Å². The lowest BCUT2D eigenvalue weighted by atomic mass is 10.1. The predicted molar refractivity (Wildman–Crippen MR) is 161 cm³/mol. The van der Waals surface area contributed by atoms with Crippen molar-refractivity contribution in [1.29, 1.82) is 0 Å². The van der Waals surface area contributed by atoms with Gasteiger partial charge in [0.25, 0.3) is 0 Å². The number of carbonyl (C=O) groups excluding carboxylic acids is 1. The summed E-state index contributed by atoms with van der Waals surface area (Å²) >= 11 is 0. The number of aromatic amines is 2. The van der Waals surface area contributed by atoms with Gasteiger partial charge in [0.1, 0.15) is 17.3 Å². The van der Waals surface area contributed by atoms with Gasteiger partial charge in [-0.2, -0.15) is 5.10 Å². The molecular weight excluding hydrogens is 547 g/mol. The Balaban J connectivity index is 1.22. The number of anilines is 1. The average molecular weight is 571 g/mol. The Kier molecular flexibility index (Phi) is 6.51. The number of imidazole rings is 1. The van der Waals surface area contributed by atoms with E-state index in [1.807, 2.05) is 42.5 Å². The third-order valence-corrected chi connectivity index (χ3v) is 7.02. The molecule has 43 heavy (non-hydrogen) atoms. The van der Waals surface area contributed by atoms with E-state index in [4.69, 9.17) is 4.74 Å². The lowest BCUT2D eigenvalue weighted by Crippen LogP contribution is -2.14. The summed E-state index contributed by atoms with van der Waals surface area (Å²) in [5.41, 5.74) is 6.63. The lowest BCUT2D eigenvalue weighted by Gasteiger charge is -2.07. The second-order valence-corrected chi connectivity index (χ2v) is 9.89. The van der Waals surface area contributed by atoms with Crippen LogP contribution in [0.15, 0.2) is 91.5 Å². The zero-order valence-electron chi connectivity index (χ0n) is 22.8. The van der Waals surface area contributed by atoms with Gasteiger partial charge in [-0.15, -0.1) is 0 Å². The van der Waals surface area contributed by atoms with Gasteiger partial charge in [0.2, 0.25) is 5.91 Å². The minimum absolute atomic E-state index is 0.134. The highest BCUT2D eigenvalue weighted by Gasteiger charge is 2.17. The molecular formula is C32H23FN8O2. The summed E-state index contributed by atoms with van der Waals surface area (Å²) in [5.74, 6) is 0.365. The summed E-state index contributed by atoms with van der Waals surface area (Å²) in [5, 5.41) is 11.0. The smallest absolute Gasteiger partial charge is 0.228 e. The van der Waals surface area contributed by atoms with Crippen molar-refractivity contribution in [2.24, 2.45) is 0 Å². The summed E-state index contributed by atoms with van der Waals surface area (Å²) in [4.78, 5) is 33.9. The summed E-state index contributed by atoms with van der Waals surface area (Å²) in [6.07, 6.45) is 6.91. The number of methoxy groups -OCH3 is 1. The van der Waals surface area contributed by atoms with E-state index in [9.17, 15) is 9.18 Å². The molecule has 0 bridgehead atoms. The van der Waals surface area contributed by atoms with Crippen LogP contribution in [0.2, 0.25) is 0 Å². The van der Waals surface area contributed by atoms with Crippen LogP contribution in [-0.4, -0.2) is 48.1 Å². The molecule has 0 saturated carbocycles. The molecule has 210 valence electrons. The van der Waals surface area contributed by atoms with Gasteiger partial charge in [0.05, 0.1) is 36.3 Å². The first-order valence-electron chi connectivity index (χ1n) is 13.4. The number of fused-ring (bicyclic) bond motifs is 2. The maximum Gasteiger partial charge on any atom is 0.228 e. The number of hydrogen-bond acceptors (Lipinski definition) is 7. The van der Waals surface area contributed by atoms with E-state index in [0.717, 1.165) is 27.6 Å². The number of nitrogens with zero attached hydrogens (tertiary/aromatic N) is 5. The molecule has 0 atom stereocenters. The molecule has 5 aromatic heterocycles. The predicted octanol–water partition coefficient (Wildman–Crippen LogP) is 5.95. The van der Waals surface area contributed by atoms with Gasteiger partial charge in [0.15, 0.2) is 17.1 Å². The molecule has 7 rings (SSSR count). The molecule has 0 aliphatic heterocycles. The van der Waals surface area contributed by atoms with E-state index < -0.39 is 5.82 Å². The quantitative estimate of drug-likeness (QED) is 0.215. The fraction of sp³-hybridized carbons (Fsp3) is 0.0625. The second-order valence-electron chi connectivity index (χ2n) is 9.89. The van der Waals surface area contributed by atoms with Crippen molar-refractivity contribution in [3.05, 3.63) is 103 Å². The number of pyridine rings is 3. The molecule has 2 aromatic carbocycles. The normalized spacial score (nSPS) is 11.2. The Morgan fingerprint density at radius 1 is 0.930 bits per heavy atom. The summed E-state index contributed by atoms with van der Waals surface area (Å²) in [6, 6.07) is 19.6. The van der Waals surface area contributed by atoms with Gasteiger partial charge in [-0.25, -0.2) is 19.3 Å². The monoisotopic (exact) mass is 570 g/mol. The number of amides is 1. The fourth-order valence-electron chi connectivity index (χ4n) is 5.00. The van der Waals surface area contributed by atoms with Crippen LogP contribution in [0.1, 0.15) is 5.56 Å². The summed E-state index contributed by atoms with van der Waals surface area (Å²) in [7, 11) is 1.50. The number of aromatic nitrogens is 7. The number of carbonyl (C=O) groups is 1. The Labute approximate surface area is 244 Å². The van der Waals surface area contributed by atoms with Gasteiger partial charge in [-0.1, -0.05) is 30.3 Å². The third kappa shape index (κ3) is 5.15. The van der Waals surface area contributed by atoms with Crippen molar-refractivity contribution in [1.82, 2.24) is 35.1 Å². The molecule has 10 nitrogen and oxygen atoms in total. The molecule has 7 aromatic rings. The van der Waals surface area contributed by atoms with Crippen LogP contribution in [0.4, 0.5) is 10.1 Å². The largest absolute Gasteiger partial charge is 0.497 e. The minimum atomic E-state index is -0.411. The number of halogens is 1. The highest BCUT2D eigenvalue weighted by molar-refractivity contribution is 5.97. The summed E-state index contributed by atoms with van der Waals surface area (Å²) < 4.78 is 19.5. The Morgan fingerprint density at radius 2 is 1.79 bits per heavy atom. The number of nitrogens with one attached hydrogen (secondary N) is 3. The van der Waals surface area contributed by atoms with Gasteiger partial charge in [-0.3, -0.25) is 14.9 Å².